The normalized spacial score (nSPS) is 22.0. The average Bonchev–Trinajstić information content (AvgIpc) is 2.49. The van der Waals surface area contributed by atoms with Crippen molar-refractivity contribution in [3.05, 3.63) is 29.8 Å². The zero-order valence-electron chi connectivity index (χ0n) is 12.6. The molecule has 1 fully saturated rings. The van der Waals surface area contributed by atoms with Gasteiger partial charge in [0.05, 0.1) is 12.4 Å². The lowest BCUT2D eigenvalue weighted by Crippen LogP contribution is -2.45. The van der Waals surface area contributed by atoms with Crippen LogP contribution in [0.2, 0.25) is 0 Å². The Kier molecular flexibility index (Phi) is 6.29. The Morgan fingerprint density at radius 2 is 1.91 bits per heavy atom. The minimum absolute atomic E-state index is 0.0914. The van der Waals surface area contributed by atoms with Crippen molar-refractivity contribution in [3.8, 4) is 5.75 Å². The number of hydrogen-bond donors (Lipinski definition) is 1. The van der Waals surface area contributed by atoms with Gasteiger partial charge in [0.1, 0.15) is 12.4 Å². The first-order valence-electron chi connectivity index (χ1n) is 7.55. The third kappa shape index (κ3) is 5.39. The van der Waals surface area contributed by atoms with Crippen LogP contribution in [0.4, 0.5) is 13.2 Å². The first-order valence-corrected chi connectivity index (χ1v) is 9.20. The lowest BCUT2D eigenvalue weighted by molar-refractivity contribution is 0.179. The summed E-state index contributed by atoms with van der Waals surface area (Å²) in [6, 6.07) is 2.93. The fraction of sp³-hybridized carbons (Fsp3) is 0.600. The Labute approximate surface area is 134 Å². The molecule has 1 aliphatic rings. The highest BCUT2D eigenvalue weighted by Crippen LogP contribution is 2.26. The Hall–Kier alpha value is -1.28. The summed E-state index contributed by atoms with van der Waals surface area (Å²) in [4.78, 5) is 0. The molecule has 1 aromatic carbocycles. The van der Waals surface area contributed by atoms with Crippen LogP contribution in [0.5, 0.6) is 5.75 Å². The minimum Gasteiger partial charge on any atom is -0.493 e. The number of hydrogen-bond acceptors (Lipinski definition) is 3. The highest BCUT2D eigenvalue weighted by atomic mass is 32.2. The first kappa shape index (κ1) is 18.1. The molecule has 0 aliphatic heterocycles. The van der Waals surface area contributed by atoms with E-state index in [0.29, 0.717) is 6.42 Å². The number of halogens is 3. The molecule has 4 nitrogen and oxygen atoms in total. The van der Waals surface area contributed by atoms with Crippen molar-refractivity contribution in [2.45, 2.75) is 31.7 Å². The second kappa shape index (κ2) is 8.01. The van der Waals surface area contributed by atoms with Gasteiger partial charge < -0.3 is 4.74 Å². The van der Waals surface area contributed by atoms with E-state index in [2.05, 4.69) is 4.72 Å². The number of sulfonamides is 1. The first-order chi connectivity index (χ1) is 10.9. The molecule has 130 valence electrons. The van der Waals surface area contributed by atoms with Gasteiger partial charge >= 0.3 is 0 Å². The maximum absolute atomic E-state index is 13.1. The summed E-state index contributed by atoms with van der Waals surface area (Å²) in [5.74, 6) is -2.40. The summed E-state index contributed by atoms with van der Waals surface area (Å²) in [5, 5.41) is 0. The number of rotatable bonds is 7. The summed E-state index contributed by atoms with van der Waals surface area (Å²) in [7, 11) is -3.65. The van der Waals surface area contributed by atoms with E-state index in [1.807, 2.05) is 0 Å². The van der Waals surface area contributed by atoms with Crippen LogP contribution in [0.3, 0.4) is 0 Å². The van der Waals surface area contributed by atoms with E-state index in [9.17, 15) is 21.6 Å². The molecule has 2 atom stereocenters. The van der Waals surface area contributed by atoms with Crippen LogP contribution in [0.25, 0.3) is 0 Å². The molecule has 1 aliphatic carbocycles. The number of nitrogens with one attached hydrogen (secondary N) is 1. The predicted molar refractivity (Wildman–Crippen MR) is 80.5 cm³/mol. The van der Waals surface area contributed by atoms with Gasteiger partial charge in [-0.1, -0.05) is 12.8 Å². The molecule has 1 aromatic rings. The second-order valence-electron chi connectivity index (χ2n) is 5.66. The molecule has 23 heavy (non-hydrogen) atoms. The van der Waals surface area contributed by atoms with E-state index in [-0.39, 0.29) is 24.3 Å². The van der Waals surface area contributed by atoms with E-state index >= 15 is 0 Å². The second-order valence-corrected chi connectivity index (χ2v) is 7.54. The van der Waals surface area contributed by atoms with Crippen LogP contribution in [-0.4, -0.2) is 33.5 Å². The molecule has 1 saturated carbocycles. The van der Waals surface area contributed by atoms with Crippen molar-refractivity contribution in [2.24, 2.45) is 5.92 Å². The number of benzene rings is 1. The van der Waals surface area contributed by atoms with Crippen molar-refractivity contribution >= 4 is 10.0 Å². The van der Waals surface area contributed by atoms with Gasteiger partial charge in [-0.25, -0.2) is 26.3 Å². The molecule has 8 heteroatoms. The fourth-order valence-corrected chi connectivity index (χ4v) is 3.82. The van der Waals surface area contributed by atoms with Crippen molar-refractivity contribution in [1.82, 2.24) is 4.72 Å². The minimum atomic E-state index is -3.65. The van der Waals surface area contributed by atoms with Gasteiger partial charge in [0.25, 0.3) is 0 Å². The lowest BCUT2D eigenvalue weighted by Gasteiger charge is -2.31. The zero-order chi connectivity index (χ0) is 16.9. The SMILES string of the molecule is O=S(=O)(CCF)NC1CCCC[C@@H]1COc1ccc(F)c(F)c1. The molecule has 0 heterocycles. The quantitative estimate of drug-likeness (QED) is 0.822. The summed E-state index contributed by atoms with van der Waals surface area (Å²) in [6.07, 6.45) is 3.22. The van der Waals surface area contributed by atoms with Crippen LogP contribution < -0.4 is 9.46 Å². The highest BCUT2D eigenvalue weighted by Gasteiger charge is 2.29. The van der Waals surface area contributed by atoms with E-state index in [1.54, 1.807) is 0 Å². The Morgan fingerprint density at radius 3 is 2.61 bits per heavy atom. The molecule has 0 radical (unpaired) electrons. The molecule has 0 aromatic heterocycles. The van der Waals surface area contributed by atoms with Crippen molar-refractivity contribution < 1.29 is 26.3 Å². The highest BCUT2D eigenvalue weighted by molar-refractivity contribution is 7.89. The standard InChI is InChI=1S/C15H20F3NO3S/c16-7-8-23(20,21)19-15-4-2-1-3-11(15)10-22-12-5-6-13(17)14(18)9-12/h5-6,9,11,15,19H,1-4,7-8,10H2/t11-,15?/m1/s1. The van der Waals surface area contributed by atoms with E-state index in [4.69, 9.17) is 4.74 Å². The zero-order valence-corrected chi connectivity index (χ0v) is 13.4. The topological polar surface area (TPSA) is 55.4 Å². The molecule has 1 N–H and O–H groups in total. The van der Waals surface area contributed by atoms with Crippen LogP contribution in [-0.2, 0) is 10.0 Å². The maximum Gasteiger partial charge on any atom is 0.214 e. The summed E-state index contributed by atoms with van der Waals surface area (Å²) >= 11 is 0. The van der Waals surface area contributed by atoms with E-state index < -0.39 is 34.1 Å². The largest absolute Gasteiger partial charge is 0.493 e. The summed E-state index contributed by atoms with van der Waals surface area (Å²) < 4.78 is 69.7. The molecule has 0 bridgehead atoms. The van der Waals surface area contributed by atoms with E-state index in [0.717, 1.165) is 31.4 Å². The van der Waals surface area contributed by atoms with Crippen molar-refractivity contribution in [3.63, 3.8) is 0 Å². The molecular weight excluding hydrogens is 331 g/mol. The molecule has 0 amide bonds. The Morgan fingerprint density at radius 1 is 1.17 bits per heavy atom. The number of alkyl halides is 1. The van der Waals surface area contributed by atoms with Crippen LogP contribution in [0, 0.1) is 17.6 Å². The van der Waals surface area contributed by atoms with E-state index in [1.165, 1.54) is 6.07 Å². The monoisotopic (exact) mass is 351 g/mol. The summed E-state index contributed by atoms with van der Waals surface area (Å²) in [5.41, 5.74) is 0. The van der Waals surface area contributed by atoms with Gasteiger partial charge in [0, 0.05) is 18.0 Å². The van der Waals surface area contributed by atoms with Crippen LogP contribution >= 0.6 is 0 Å². The van der Waals surface area contributed by atoms with Gasteiger partial charge in [0.15, 0.2) is 11.6 Å². The Bertz CT molecular complexity index is 624. The molecule has 0 saturated heterocycles. The van der Waals surface area contributed by atoms with Gasteiger partial charge in [-0.05, 0) is 25.0 Å². The summed E-state index contributed by atoms with van der Waals surface area (Å²) in [6.45, 7) is -0.744. The van der Waals surface area contributed by atoms with Crippen molar-refractivity contribution in [2.75, 3.05) is 19.0 Å². The Balaban J connectivity index is 1.96. The molecule has 2 rings (SSSR count). The lowest BCUT2D eigenvalue weighted by atomic mass is 9.86. The number of ether oxygens (including phenoxy) is 1. The predicted octanol–water partition coefficient (Wildman–Crippen LogP) is 2.79. The fourth-order valence-electron chi connectivity index (χ4n) is 2.72. The third-order valence-corrected chi connectivity index (χ3v) is 5.29. The van der Waals surface area contributed by atoms with Crippen LogP contribution in [0.15, 0.2) is 18.2 Å². The third-order valence-electron chi connectivity index (χ3n) is 3.94. The molecule has 0 spiro atoms. The maximum atomic E-state index is 13.1. The molecule has 1 unspecified atom stereocenters. The molecular formula is C15H20F3NO3S. The van der Waals surface area contributed by atoms with Gasteiger partial charge in [0.2, 0.25) is 10.0 Å². The van der Waals surface area contributed by atoms with Gasteiger partial charge in [-0.15, -0.1) is 0 Å². The van der Waals surface area contributed by atoms with Crippen molar-refractivity contribution in [1.29, 1.82) is 0 Å². The van der Waals surface area contributed by atoms with Gasteiger partial charge in [-0.3, -0.25) is 0 Å². The van der Waals surface area contributed by atoms with Gasteiger partial charge in [-0.2, -0.15) is 0 Å². The average molecular weight is 351 g/mol. The smallest absolute Gasteiger partial charge is 0.214 e. The van der Waals surface area contributed by atoms with Crippen LogP contribution in [0.1, 0.15) is 25.7 Å².